The van der Waals surface area contributed by atoms with E-state index in [4.69, 9.17) is 15.7 Å². The van der Waals surface area contributed by atoms with Crippen molar-refractivity contribution < 1.29 is 9.53 Å². The smallest absolute Gasteiger partial charge is 0.339 e. The van der Waals surface area contributed by atoms with Gasteiger partial charge >= 0.3 is 5.97 Å². The molecule has 0 spiro atoms. The molecule has 0 aliphatic rings. The number of nitriles is 1. The maximum atomic E-state index is 11.6. The number of hydrogen-bond acceptors (Lipinski definition) is 4. The normalized spacial score (nSPS) is 9.50. The van der Waals surface area contributed by atoms with Crippen molar-refractivity contribution in [3.05, 3.63) is 28.2 Å². The maximum absolute atomic E-state index is 11.6. The number of anilines is 1. The van der Waals surface area contributed by atoms with Crippen LogP contribution in [0.4, 0.5) is 5.69 Å². The first-order valence-corrected chi connectivity index (χ1v) is 5.53. The van der Waals surface area contributed by atoms with Gasteiger partial charge in [-0.25, -0.2) is 4.79 Å². The van der Waals surface area contributed by atoms with Crippen LogP contribution < -0.4 is 5.73 Å². The number of ether oxygens (including phenoxy) is 1. The van der Waals surface area contributed by atoms with E-state index in [-0.39, 0.29) is 6.61 Å². The Kier molecular flexibility index (Phi) is 4.80. The molecular formula is C11H11BrN2O2. The quantitative estimate of drug-likeness (QED) is 0.523. The number of carbonyl (C=O) groups excluding carboxylic acids is 1. The minimum absolute atomic E-state index is 0.244. The van der Waals surface area contributed by atoms with Crippen LogP contribution >= 0.6 is 15.9 Å². The molecule has 16 heavy (non-hydrogen) atoms. The zero-order valence-corrected chi connectivity index (χ0v) is 10.2. The second kappa shape index (κ2) is 6.13. The third-order valence-corrected chi connectivity index (χ3v) is 2.57. The molecule has 84 valence electrons. The van der Waals surface area contributed by atoms with Gasteiger partial charge in [0.25, 0.3) is 0 Å². The Labute approximate surface area is 102 Å². The number of benzene rings is 1. The van der Waals surface area contributed by atoms with E-state index in [1.807, 2.05) is 6.07 Å². The molecule has 1 aromatic carbocycles. The van der Waals surface area contributed by atoms with Crippen LogP contribution in [-0.4, -0.2) is 12.6 Å². The molecule has 0 amide bonds. The van der Waals surface area contributed by atoms with E-state index in [0.717, 1.165) is 0 Å². The van der Waals surface area contributed by atoms with Gasteiger partial charge in [-0.1, -0.05) is 0 Å². The van der Waals surface area contributed by atoms with Gasteiger partial charge in [-0.15, -0.1) is 0 Å². The first-order chi connectivity index (χ1) is 7.65. The minimum atomic E-state index is -0.433. The van der Waals surface area contributed by atoms with Gasteiger partial charge in [-0.05, 0) is 40.5 Å². The fourth-order valence-corrected chi connectivity index (χ4v) is 1.50. The summed E-state index contributed by atoms with van der Waals surface area (Å²) in [5.74, 6) is -0.433. The Morgan fingerprint density at radius 3 is 3.00 bits per heavy atom. The highest BCUT2D eigenvalue weighted by molar-refractivity contribution is 9.10. The van der Waals surface area contributed by atoms with Gasteiger partial charge in [0.05, 0.1) is 18.2 Å². The summed E-state index contributed by atoms with van der Waals surface area (Å²) in [5, 5.41) is 8.31. The Balaban J connectivity index is 2.59. The molecular weight excluding hydrogens is 272 g/mol. The predicted molar refractivity (Wildman–Crippen MR) is 63.7 cm³/mol. The number of nitrogens with zero attached hydrogens (tertiary/aromatic N) is 1. The van der Waals surface area contributed by atoms with Crippen LogP contribution in [0.3, 0.4) is 0 Å². The summed E-state index contributed by atoms with van der Waals surface area (Å²) in [6, 6.07) is 6.92. The lowest BCUT2D eigenvalue weighted by molar-refractivity contribution is 0.0500. The van der Waals surface area contributed by atoms with Gasteiger partial charge in [-0.2, -0.15) is 5.26 Å². The number of carbonyl (C=O) groups is 1. The fourth-order valence-electron chi connectivity index (χ4n) is 1.09. The van der Waals surface area contributed by atoms with Gasteiger partial charge in [0.2, 0.25) is 0 Å². The molecule has 2 N–H and O–H groups in total. The SMILES string of the molecule is N#CCCCOC(=O)c1cc(N)ccc1Br. The molecule has 0 radical (unpaired) electrons. The summed E-state index contributed by atoms with van der Waals surface area (Å²) in [7, 11) is 0. The number of rotatable bonds is 4. The van der Waals surface area contributed by atoms with Gasteiger partial charge in [0.15, 0.2) is 0 Å². The first kappa shape index (κ1) is 12.5. The van der Waals surface area contributed by atoms with Crippen molar-refractivity contribution in [1.29, 1.82) is 5.26 Å². The van der Waals surface area contributed by atoms with Crippen molar-refractivity contribution >= 4 is 27.6 Å². The highest BCUT2D eigenvalue weighted by Crippen LogP contribution is 2.20. The number of nitrogen functional groups attached to an aromatic ring is 1. The van der Waals surface area contributed by atoms with Crippen LogP contribution in [0.5, 0.6) is 0 Å². The predicted octanol–water partition coefficient (Wildman–Crippen LogP) is 2.49. The summed E-state index contributed by atoms with van der Waals surface area (Å²) in [5.41, 5.74) is 6.48. The molecule has 5 heteroatoms. The maximum Gasteiger partial charge on any atom is 0.339 e. The molecule has 1 rings (SSSR count). The molecule has 0 atom stereocenters. The van der Waals surface area contributed by atoms with Crippen LogP contribution in [0.15, 0.2) is 22.7 Å². The summed E-state index contributed by atoms with van der Waals surface area (Å²) < 4.78 is 5.64. The van der Waals surface area contributed by atoms with E-state index in [9.17, 15) is 4.79 Å². The van der Waals surface area contributed by atoms with Gasteiger partial charge < -0.3 is 10.5 Å². The topological polar surface area (TPSA) is 76.1 Å². The molecule has 0 unspecified atom stereocenters. The monoisotopic (exact) mass is 282 g/mol. The number of hydrogen-bond donors (Lipinski definition) is 1. The molecule has 0 bridgehead atoms. The zero-order valence-electron chi connectivity index (χ0n) is 8.57. The van der Waals surface area contributed by atoms with Crippen molar-refractivity contribution in [1.82, 2.24) is 0 Å². The molecule has 1 aromatic rings. The average molecular weight is 283 g/mol. The van der Waals surface area contributed by atoms with E-state index in [2.05, 4.69) is 15.9 Å². The molecule has 0 aliphatic carbocycles. The van der Waals surface area contributed by atoms with Crippen molar-refractivity contribution in [3.8, 4) is 6.07 Å². The zero-order chi connectivity index (χ0) is 12.0. The van der Waals surface area contributed by atoms with Gasteiger partial charge in [0.1, 0.15) is 0 Å². The Hall–Kier alpha value is -1.54. The van der Waals surface area contributed by atoms with Gasteiger partial charge in [-0.3, -0.25) is 0 Å². The second-order valence-electron chi connectivity index (χ2n) is 3.14. The molecule has 4 nitrogen and oxygen atoms in total. The van der Waals surface area contributed by atoms with Crippen molar-refractivity contribution in [3.63, 3.8) is 0 Å². The summed E-state index contributed by atoms with van der Waals surface area (Å²) >= 11 is 3.24. The van der Waals surface area contributed by atoms with E-state index >= 15 is 0 Å². The highest BCUT2D eigenvalue weighted by atomic mass is 79.9. The van der Waals surface area contributed by atoms with Crippen LogP contribution in [0.2, 0.25) is 0 Å². The summed E-state index contributed by atoms with van der Waals surface area (Å²) in [6.07, 6.45) is 0.924. The molecule has 0 saturated heterocycles. The molecule has 0 fully saturated rings. The Morgan fingerprint density at radius 2 is 2.31 bits per heavy atom. The van der Waals surface area contributed by atoms with E-state index in [1.165, 1.54) is 0 Å². The summed E-state index contributed by atoms with van der Waals surface area (Å²) in [6.45, 7) is 0.244. The lowest BCUT2D eigenvalue weighted by atomic mass is 10.2. The highest BCUT2D eigenvalue weighted by Gasteiger charge is 2.11. The van der Waals surface area contributed by atoms with Crippen LogP contribution in [0.1, 0.15) is 23.2 Å². The van der Waals surface area contributed by atoms with Gasteiger partial charge in [0, 0.05) is 16.6 Å². The van der Waals surface area contributed by atoms with Crippen molar-refractivity contribution in [2.75, 3.05) is 12.3 Å². The fraction of sp³-hybridized carbons (Fsp3) is 0.273. The van der Waals surface area contributed by atoms with Crippen LogP contribution in [-0.2, 0) is 4.74 Å². The number of esters is 1. The number of nitrogens with two attached hydrogens (primary N) is 1. The van der Waals surface area contributed by atoms with E-state index in [1.54, 1.807) is 18.2 Å². The van der Waals surface area contributed by atoms with E-state index in [0.29, 0.717) is 28.6 Å². The number of unbranched alkanes of at least 4 members (excludes halogenated alkanes) is 1. The van der Waals surface area contributed by atoms with Crippen LogP contribution in [0, 0.1) is 11.3 Å². The number of halogens is 1. The lowest BCUT2D eigenvalue weighted by Crippen LogP contribution is -2.07. The minimum Gasteiger partial charge on any atom is -0.462 e. The van der Waals surface area contributed by atoms with Crippen molar-refractivity contribution in [2.24, 2.45) is 0 Å². The Morgan fingerprint density at radius 1 is 1.56 bits per heavy atom. The Bertz CT molecular complexity index is 426. The molecule has 0 aliphatic heterocycles. The van der Waals surface area contributed by atoms with Crippen molar-refractivity contribution in [2.45, 2.75) is 12.8 Å². The standard InChI is InChI=1S/C11H11BrN2O2/c12-10-4-3-8(14)7-9(10)11(15)16-6-2-1-5-13/h3-4,7H,1-2,6,14H2. The summed E-state index contributed by atoms with van der Waals surface area (Å²) in [4.78, 5) is 11.6. The lowest BCUT2D eigenvalue weighted by Gasteiger charge is -2.06. The third-order valence-electron chi connectivity index (χ3n) is 1.88. The second-order valence-corrected chi connectivity index (χ2v) is 3.99. The molecule has 0 saturated carbocycles. The van der Waals surface area contributed by atoms with Crippen LogP contribution in [0.25, 0.3) is 0 Å². The molecule has 0 heterocycles. The van der Waals surface area contributed by atoms with E-state index < -0.39 is 5.97 Å². The first-order valence-electron chi connectivity index (χ1n) is 4.74. The average Bonchev–Trinajstić information content (AvgIpc) is 2.27. The largest absolute Gasteiger partial charge is 0.462 e. The molecule has 0 aromatic heterocycles. The third kappa shape index (κ3) is 3.55.